The van der Waals surface area contributed by atoms with Crippen molar-refractivity contribution in [1.29, 1.82) is 0 Å². The molecule has 0 saturated carbocycles. The number of methoxy groups -OCH3 is 1. The van der Waals surface area contributed by atoms with Gasteiger partial charge in [0.15, 0.2) is 6.54 Å². The third-order valence-electron chi connectivity index (χ3n) is 6.10. The minimum absolute atomic E-state index is 0.129. The minimum Gasteiger partial charge on any atom is -0.497 e. The standard InChI is InChI=1S/C27H25N2O4S/c1-3-12-28-23(27(31)33-16-18-8-10-21(32-2)11-9-18)13-19-6-4-5-7-22(19)26(28)20-15-29-24(30)14-25(29)34-17-20/h3-11,13,15,25H,1,12,14,16-17H2,2H3/q+1. The molecule has 0 bridgehead atoms. The number of β-lactam (4-membered cyclic amide) rings is 1. The van der Waals surface area contributed by atoms with Crippen LogP contribution in [0.5, 0.6) is 5.75 Å². The van der Waals surface area contributed by atoms with Gasteiger partial charge in [0, 0.05) is 18.0 Å². The number of ether oxygens (including phenoxy) is 2. The lowest BCUT2D eigenvalue weighted by molar-refractivity contribution is -0.690. The maximum absolute atomic E-state index is 13.3. The predicted molar refractivity (Wildman–Crippen MR) is 132 cm³/mol. The second-order valence-electron chi connectivity index (χ2n) is 8.21. The maximum Gasteiger partial charge on any atom is 0.404 e. The summed E-state index contributed by atoms with van der Waals surface area (Å²) < 4.78 is 12.8. The van der Waals surface area contributed by atoms with E-state index in [1.807, 2.05) is 65.4 Å². The molecule has 2 aromatic carbocycles. The zero-order valence-electron chi connectivity index (χ0n) is 18.9. The highest BCUT2D eigenvalue weighted by Gasteiger charge is 2.40. The third-order valence-corrected chi connectivity index (χ3v) is 7.35. The summed E-state index contributed by atoms with van der Waals surface area (Å²) in [6.07, 6.45) is 4.30. The van der Waals surface area contributed by atoms with Gasteiger partial charge < -0.3 is 14.4 Å². The first kappa shape index (κ1) is 22.2. The van der Waals surface area contributed by atoms with Gasteiger partial charge in [-0.3, -0.25) is 4.79 Å². The number of rotatable bonds is 7. The Morgan fingerprint density at radius 3 is 2.76 bits per heavy atom. The number of carbonyl (C=O) groups is 2. The molecule has 1 unspecified atom stereocenters. The highest BCUT2D eigenvalue weighted by Crippen LogP contribution is 2.39. The SMILES string of the molecule is C=CC[n+]1c(C(=O)OCc2ccc(OC)cc2)cc2ccccc2c1C1=CN2C(=O)CC2SC1. The van der Waals surface area contributed by atoms with E-state index < -0.39 is 5.97 Å². The topological polar surface area (TPSA) is 59.7 Å². The summed E-state index contributed by atoms with van der Waals surface area (Å²) in [7, 11) is 1.61. The Bertz CT molecular complexity index is 1320. The fourth-order valence-electron chi connectivity index (χ4n) is 4.32. The van der Waals surface area contributed by atoms with Crippen molar-refractivity contribution in [3.05, 3.63) is 90.4 Å². The summed E-state index contributed by atoms with van der Waals surface area (Å²) >= 11 is 1.75. The molecule has 0 spiro atoms. The fraction of sp³-hybridized carbons (Fsp3) is 0.222. The average Bonchev–Trinajstić information content (AvgIpc) is 2.87. The molecular formula is C27H25N2O4S+. The van der Waals surface area contributed by atoms with E-state index in [2.05, 4.69) is 6.58 Å². The van der Waals surface area contributed by atoms with Crippen LogP contribution in [0.3, 0.4) is 0 Å². The lowest BCUT2D eigenvalue weighted by Gasteiger charge is -2.40. The minimum atomic E-state index is -0.411. The van der Waals surface area contributed by atoms with E-state index in [0.717, 1.165) is 39.1 Å². The van der Waals surface area contributed by atoms with Gasteiger partial charge in [0.1, 0.15) is 12.4 Å². The van der Waals surface area contributed by atoms with E-state index in [4.69, 9.17) is 9.47 Å². The van der Waals surface area contributed by atoms with E-state index in [1.54, 1.807) is 29.8 Å². The molecule has 0 aliphatic carbocycles. The van der Waals surface area contributed by atoms with Crippen LogP contribution in [0.4, 0.5) is 0 Å². The van der Waals surface area contributed by atoms with Crippen LogP contribution in [0.1, 0.15) is 28.2 Å². The Morgan fingerprint density at radius 1 is 1.24 bits per heavy atom. The quantitative estimate of drug-likeness (QED) is 0.221. The van der Waals surface area contributed by atoms with E-state index >= 15 is 0 Å². The van der Waals surface area contributed by atoms with Crippen LogP contribution in [0.15, 0.2) is 73.5 Å². The number of esters is 1. The molecular weight excluding hydrogens is 448 g/mol. The fourth-order valence-corrected chi connectivity index (χ4v) is 5.51. The van der Waals surface area contributed by atoms with Crippen molar-refractivity contribution in [1.82, 2.24) is 4.90 Å². The molecule has 1 aromatic heterocycles. The first-order valence-electron chi connectivity index (χ1n) is 11.1. The van der Waals surface area contributed by atoms with Crippen molar-refractivity contribution in [2.24, 2.45) is 0 Å². The van der Waals surface area contributed by atoms with Gasteiger partial charge in [-0.25, -0.2) is 4.79 Å². The zero-order chi connectivity index (χ0) is 23.7. The van der Waals surface area contributed by atoms with Crippen molar-refractivity contribution in [3.8, 4) is 5.75 Å². The Labute approximate surface area is 202 Å². The zero-order valence-corrected chi connectivity index (χ0v) is 19.7. The van der Waals surface area contributed by atoms with E-state index in [1.165, 1.54) is 0 Å². The van der Waals surface area contributed by atoms with E-state index in [-0.39, 0.29) is 17.9 Å². The number of fused-ring (bicyclic) bond motifs is 2. The summed E-state index contributed by atoms with van der Waals surface area (Å²) in [4.78, 5) is 27.2. The molecule has 1 amide bonds. The number of carbonyl (C=O) groups excluding carboxylic acids is 2. The first-order chi connectivity index (χ1) is 16.6. The van der Waals surface area contributed by atoms with Gasteiger partial charge in [-0.1, -0.05) is 36.9 Å². The van der Waals surface area contributed by atoms with Crippen LogP contribution < -0.4 is 9.30 Å². The Morgan fingerprint density at radius 2 is 2.03 bits per heavy atom. The van der Waals surface area contributed by atoms with Gasteiger partial charge in [-0.05, 0) is 35.2 Å². The monoisotopic (exact) mass is 473 g/mol. The summed E-state index contributed by atoms with van der Waals surface area (Å²) in [5, 5.41) is 2.18. The van der Waals surface area contributed by atoms with Crippen molar-refractivity contribution in [3.63, 3.8) is 0 Å². The number of hydrogen-bond donors (Lipinski definition) is 0. The normalized spacial score (nSPS) is 17.0. The highest BCUT2D eigenvalue weighted by molar-refractivity contribution is 8.00. The molecule has 2 aliphatic heterocycles. The number of amides is 1. The van der Waals surface area contributed by atoms with Crippen LogP contribution in [0.25, 0.3) is 16.3 Å². The molecule has 2 aliphatic rings. The summed E-state index contributed by atoms with van der Waals surface area (Å²) in [6, 6.07) is 17.3. The molecule has 3 heterocycles. The van der Waals surface area contributed by atoms with Gasteiger partial charge in [-0.15, -0.1) is 11.8 Å². The number of allylic oxidation sites excluding steroid dienone is 1. The Kier molecular flexibility index (Phi) is 6.11. The Hall–Kier alpha value is -3.58. The first-order valence-corrected chi connectivity index (χ1v) is 12.1. The largest absolute Gasteiger partial charge is 0.497 e. The molecule has 5 rings (SSSR count). The summed E-state index contributed by atoms with van der Waals surface area (Å²) in [6.45, 7) is 4.50. The number of thioether (sulfide) groups is 1. The molecule has 3 aromatic rings. The van der Waals surface area contributed by atoms with Gasteiger partial charge in [0.2, 0.25) is 11.6 Å². The highest BCUT2D eigenvalue weighted by atomic mass is 32.2. The van der Waals surface area contributed by atoms with Crippen LogP contribution in [-0.4, -0.2) is 35.0 Å². The Balaban J connectivity index is 1.55. The van der Waals surface area contributed by atoms with Gasteiger partial charge in [0.25, 0.3) is 5.69 Å². The van der Waals surface area contributed by atoms with Crippen LogP contribution in [0.2, 0.25) is 0 Å². The van der Waals surface area contributed by atoms with E-state index in [9.17, 15) is 9.59 Å². The summed E-state index contributed by atoms with van der Waals surface area (Å²) in [5.74, 6) is 1.23. The maximum atomic E-state index is 13.3. The second kappa shape index (κ2) is 9.35. The second-order valence-corrected chi connectivity index (χ2v) is 9.38. The average molecular weight is 474 g/mol. The number of nitrogens with zero attached hydrogens (tertiary/aromatic N) is 2. The number of pyridine rings is 1. The van der Waals surface area contributed by atoms with Crippen molar-refractivity contribution >= 4 is 40.0 Å². The van der Waals surface area contributed by atoms with Crippen LogP contribution in [0, 0.1) is 0 Å². The molecule has 34 heavy (non-hydrogen) atoms. The van der Waals surface area contributed by atoms with Crippen LogP contribution in [-0.2, 0) is 22.7 Å². The molecule has 1 atom stereocenters. The van der Waals surface area contributed by atoms with E-state index in [0.29, 0.717) is 18.7 Å². The van der Waals surface area contributed by atoms with Gasteiger partial charge >= 0.3 is 5.97 Å². The molecule has 7 heteroatoms. The predicted octanol–water partition coefficient (Wildman–Crippen LogP) is 4.33. The molecule has 172 valence electrons. The summed E-state index contributed by atoms with van der Waals surface area (Å²) in [5.41, 5.74) is 3.25. The van der Waals surface area contributed by atoms with Crippen molar-refractivity contribution < 1.29 is 23.6 Å². The number of benzene rings is 2. The van der Waals surface area contributed by atoms with Gasteiger partial charge in [0.05, 0.1) is 29.9 Å². The smallest absolute Gasteiger partial charge is 0.404 e. The van der Waals surface area contributed by atoms with Gasteiger partial charge in [-0.2, -0.15) is 4.57 Å². The molecule has 1 saturated heterocycles. The van der Waals surface area contributed by atoms with Crippen molar-refractivity contribution in [2.75, 3.05) is 12.9 Å². The lowest BCUT2D eigenvalue weighted by atomic mass is 10.0. The number of aromatic nitrogens is 1. The number of hydrogen-bond acceptors (Lipinski definition) is 5. The van der Waals surface area contributed by atoms with Crippen molar-refractivity contribution in [2.45, 2.75) is 24.9 Å². The molecule has 1 fully saturated rings. The third kappa shape index (κ3) is 4.07. The van der Waals surface area contributed by atoms with Crippen LogP contribution >= 0.6 is 11.8 Å². The molecule has 0 N–H and O–H groups in total. The molecule has 0 radical (unpaired) electrons. The lowest BCUT2D eigenvalue weighted by Crippen LogP contribution is -2.50. The molecule has 6 nitrogen and oxygen atoms in total.